The van der Waals surface area contributed by atoms with Crippen LogP contribution in [0.4, 0.5) is 11.4 Å². The molecule has 2 aliphatic rings. The van der Waals surface area contributed by atoms with Crippen LogP contribution in [0.2, 0.25) is 0 Å². The van der Waals surface area contributed by atoms with E-state index >= 15 is 0 Å². The Bertz CT molecular complexity index is 3690. The third kappa shape index (κ3) is 5.06. The molecular weight excluding hydrogens is 772 g/mol. The largest absolute Gasteiger partial charge is 0.464 e. The van der Waals surface area contributed by atoms with E-state index < -0.39 is 0 Å². The molecule has 1 aliphatic carbocycles. The molecule has 0 fully saturated rings. The van der Waals surface area contributed by atoms with Crippen molar-refractivity contribution in [2.45, 2.75) is 45.4 Å². The highest BCUT2D eigenvalue weighted by Gasteiger charge is 2.37. The van der Waals surface area contributed by atoms with Gasteiger partial charge in [0.2, 0.25) is 0 Å². The average molecular weight is 814 g/mol. The third-order valence-corrected chi connectivity index (χ3v) is 15.0. The molecule has 0 unspecified atom stereocenters. The lowest BCUT2D eigenvalue weighted by atomic mass is 9.59. The normalized spacial score (nSPS) is 13.8. The lowest BCUT2D eigenvalue weighted by Crippen LogP contribution is -2.37. The van der Waals surface area contributed by atoms with Crippen molar-refractivity contribution in [2.75, 3.05) is 5.32 Å². The lowest BCUT2D eigenvalue weighted by molar-refractivity contribution is 0.590. The maximum absolute atomic E-state index is 6.39. The number of nitrogens with zero attached hydrogens (tertiary/aromatic N) is 1. The van der Waals surface area contributed by atoms with E-state index in [0.717, 1.165) is 38.9 Å². The number of anilines is 2. The first-order valence-electron chi connectivity index (χ1n) is 21.6. The van der Waals surface area contributed by atoms with Crippen molar-refractivity contribution >= 4 is 93.9 Å². The molecule has 3 aromatic heterocycles. The smallest absolute Gasteiger partial charge is 0.198 e. The van der Waals surface area contributed by atoms with Gasteiger partial charge >= 0.3 is 0 Å². The molecule has 13 rings (SSSR count). The number of hydrogen-bond donors (Lipinski definition) is 1. The van der Waals surface area contributed by atoms with Gasteiger partial charge in [0.1, 0.15) is 5.58 Å². The molecule has 0 amide bonds. The van der Waals surface area contributed by atoms with Crippen molar-refractivity contribution in [3.05, 3.63) is 175 Å². The number of furan rings is 1. The summed E-state index contributed by atoms with van der Waals surface area (Å²) in [6.45, 7) is 11.5. The van der Waals surface area contributed by atoms with Gasteiger partial charge in [0.05, 0.1) is 11.8 Å². The van der Waals surface area contributed by atoms with Crippen molar-refractivity contribution in [3.63, 3.8) is 0 Å². The standard InChI is InChI=1S/C57H42BN2OS/c1-56(2,3)33-19-21-34(22-20-33)59-48-28-46-39(35-15-9-11-17-45(35)57(46,4)5)25-40(48)37-23-24-38-41-26-43-36-16-10-12-18-52(36)62-53(43)30-49(41)60-50-27-42-44(32-13-7-6-8-14-32)31-61-51(42)29-47(50)58-54(37)55(38)60/h6-31,59H,1-5H3. The van der Waals surface area contributed by atoms with E-state index in [1.807, 2.05) is 17.6 Å². The second-order valence-corrected chi connectivity index (χ2v) is 19.9. The fourth-order valence-corrected chi connectivity index (χ4v) is 11.8. The zero-order chi connectivity index (χ0) is 41.6. The number of benzene rings is 8. The summed E-state index contributed by atoms with van der Waals surface area (Å²) in [6.07, 6.45) is 1.92. The van der Waals surface area contributed by atoms with Crippen LogP contribution in [0.1, 0.15) is 51.3 Å². The highest BCUT2D eigenvalue weighted by molar-refractivity contribution is 7.25. The Kier molecular flexibility index (Phi) is 7.31. The van der Waals surface area contributed by atoms with Crippen molar-refractivity contribution in [3.8, 4) is 39.1 Å². The van der Waals surface area contributed by atoms with Gasteiger partial charge in [-0.05, 0) is 104 Å². The van der Waals surface area contributed by atoms with Crippen LogP contribution in [0, 0.1) is 0 Å². The van der Waals surface area contributed by atoms with Crippen LogP contribution in [-0.4, -0.2) is 11.8 Å². The fraction of sp³-hybridized carbons (Fsp3) is 0.123. The minimum absolute atomic E-state index is 0.0717. The summed E-state index contributed by atoms with van der Waals surface area (Å²) in [5, 5.41) is 10.2. The monoisotopic (exact) mass is 813 g/mol. The summed E-state index contributed by atoms with van der Waals surface area (Å²) in [7, 11) is 2.42. The SMILES string of the molecule is CC(C)(C)c1ccc(Nc2cc3c(cc2-c2ccc4c5cc6c(cc5n5c4c2[B]c2cc4occ(-c7ccccc7)c4cc2-5)sc2ccccc26)-c2ccccc2C3(C)C)cc1. The average Bonchev–Trinajstić information content (AvgIpc) is 4.01. The van der Waals surface area contributed by atoms with Crippen LogP contribution in [0.15, 0.2) is 162 Å². The topological polar surface area (TPSA) is 30.1 Å². The van der Waals surface area contributed by atoms with Crippen LogP contribution in [0.3, 0.4) is 0 Å². The summed E-state index contributed by atoms with van der Waals surface area (Å²) < 4.78 is 11.6. The van der Waals surface area contributed by atoms with Gasteiger partial charge < -0.3 is 14.3 Å². The van der Waals surface area contributed by atoms with Gasteiger partial charge in [-0.25, -0.2) is 0 Å². The zero-order valence-corrected chi connectivity index (χ0v) is 36.2. The van der Waals surface area contributed by atoms with E-state index in [1.54, 1.807) is 0 Å². The molecule has 0 bridgehead atoms. The van der Waals surface area contributed by atoms with E-state index in [4.69, 9.17) is 4.42 Å². The molecular formula is C57H42BN2OS. The summed E-state index contributed by atoms with van der Waals surface area (Å²) in [5.41, 5.74) is 20.3. The van der Waals surface area contributed by atoms with Gasteiger partial charge in [-0.1, -0.05) is 137 Å². The molecule has 8 aromatic carbocycles. The quantitative estimate of drug-likeness (QED) is 0.179. The molecule has 0 atom stereocenters. The van der Waals surface area contributed by atoms with Gasteiger partial charge in [0, 0.05) is 75.5 Å². The Morgan fingerprint density at radius 1 is 0.597 bits per heavy atom. The molecule has 0 spiro atoms. The number of hydrogen-bond acceptors (Lipinski definition) is 3. The molecule has 62 heavy (non-hydrogen) atoms. The van der Waals surface area contributed by atoms with Gasteiger partial charge in [-0.2, -0.15) is 0 Å². The van der Waals surface area contributed by atoms with Gasteiger partial charge in [0.25, 0.3) is 0 Å². The Morgan fingerprint density at radius 3 is 2.23 bits per heavy atom. The van der Waals surface area contributed by atoms with Crippen molar-refractivity contribution in [1.82, 2.24) is 4.57 Å². The molecule has 1 radical (unpaired) electrons. The molecule has 0 saturated carbocycles. The van der Waals surface area contributed by atoms with E-state index in [1.165, 1.54) is 92.1 Å². The molecule has 0 saturated heterocycles. The minimum Gasteiger partial charge on any atom is -0.464 e. The lowest BCUT2D eigenvalue weighted by Gasteiger charge is -2.26. The molecule has 1 aliphatic heterocycles. The second-order valence-electron chi connectivity index (χ2n) is 18.9. The van der Waals surface area contributed by atoms with Crippen molar-refractivity contribution in [2.24, 2.45) is 0 Å². The molecule has 3 nitrogen and oxygen atoms in total. The fourth-order valence-electron chi connectivity index (χ4n) is 10.6. The van der Waals surface area contributed by atoms with Crippen molar-refractivity contribution in [1.29, 1.82) is 0 Å². The number of nitrogens with one attached hydrogen (secondary N) is 1. The number of thiophene rings is 1. The molecule has 11 aromatic rings. The number of aromatic nitrogens is 1. The van der Waals surface area contributed by atoms with E-state index in [0.29, 0.717) is 0 Å². The third-order valence-electron chi connectivity index (χ3n) is 13.9. The summed E-state index contributed by atoms with van der Waals surface area (Å²) in [5.74, 6) is 0. The maximum Gasteiger partial charge on any atom is 0.198 e. The van der Waals surface area contributed by atoms with E-state index in [-0.39, 0.29) is 10.8 Å². The van der Waals surface area contributed by atoms with Crippen LogP contribution >= 0.6 is 11.3 Å². The van der Waals surface area contributed by atoms with Crippen molar-refractivity contribution < 1.29 is 4.42 Å². The Morgan fingerprint density at radius 2 is 1.39 bits per heavy atom. The highest BCUT2D eigenvalue weighted by atomic mass is 32.1. The molecule has 5 heteroatoms. The minimum atomic E-state index is -0.142. The highest BCUT2D eigenvalue weighted by Crippen LogP contribution is 2.52. The molecule has 1 N–H and O–H groups in total. The van der Waals surface area contributed by atoms with Crippen LogP contribution < -0.4 is 16.2 Å². The predicted molar refractivity (Wildman–Crippen MR) is 265 cm³/mol. The summed E-state index contributed by atoms with van der Waals surface area (Å²) >= 11 is 1.88. The van der Waals surface area contributed by atoms with Gasteiger partial charge in [0.15, 0.2) is 7.28 Å². The first-order valence-corrected chi connectivity index (χ1v) is 22.5. The molecule has 4 heterocycles. The Balaban J connectivity index is 1.10. The zero-order valence-electron chi connectivity index (χ0n) is 35.4. The van der Waals surface area contributed by atoms with Crippen LogP contribution in [0.5, 0.6) is 0 Å². The first kappa shape index (κ1) is 35.9. The Labute approximate surface area is 365 Å². The summed E-state index contributed by atoms with van der Waals surface area (Å²) in [4.78, 5) is 0. The maximum atomic E-state index is 6.39. The molecule has 295 valence electrons. The number of fused-ring (bicyclic) bond motifs is 12. The van der Waals surface area contributed by atoms with Gasteiger partial charge in [-0.15, -0.1) is 11.3 Å². The van der Waals surface area contributed by atoms with Crippen LogP contribution in [-0.2, 0) is 10.8 Å². The van der Waals surface area contributed by atoms with Crippen LogP contribution in [0.25, 0.3) is 92.0 Å². The predicted octanol–water partition coefficient (Wildman–Crippen LogP) is 14.5. The Hall–Kier alpha value is -6.82. The second kappa shape index (κ2) is 12.6. The summed E-state index contributed by atoms with van der Waals surface area (Å²) in [6, 6.07) is 56.5. The number of rotatable bonds is 4. The van der Waals surface area contributed by atoms with Gasteiger partial charge in [-0.3, -0.25) is 0 Å². The van der Waals surface area contributed by atoms with E-state index in [2.05, 4.69) is 203 Å². The first-order chi connectivity index (χ1) is 30.1. The van der Waals surface area contributed by atoms with E-state index in [9.17, 15) is 0 Å².